The fourth-order valence-electron chi connectivity index (χ4n) is 4.58. The van der Waals surface area contributed by atoms with Gasteiger partial charge in [-0.3, -0.25) is 9.59 Å². The lowest BCUT2D eigenvalue weighted by Crippen LogP contribution is -3.11. The van der Waals surface area contributed by atoms with E-state index in [1.807, 2.05) is 24.3 Å². The van der Waals surface area contributed by atoms with Crippen molar-refractivity contribution in [2.24, 2.45) is 0 Å². The Morgan fingerprint density at radius 3 is 2.31 bits per heavy atom. The summed E-state index contributed by atoms with van der Waals surface area (Å²) < 4.78 is 5.18. The van der Waals surface area contributed by atoms with E-state index in [2.05, 4.69) is 27.7 Å². The molecule has 0 radical (unpaired) electrons. The molecule has 1 amide bonds. The van der Waals surface area contributed by atoms with Gasteiger partial charge in [0.05, 0.1) is 37.8 Å². The number of nitrogens with zero attached hydrogens (tertiary/aromatic N) is 1. The number of nitrogens with one attached hydrogen (secondary N) is 1. The van der Waals surface area contributed by atoms with Crippen molar-refractivity contribution in [1.82, 2.24) is 4.90 Å². The lowest BCUT2D eigenvalue weighted by atomic mass is 9.93. The highest BCUT2D eigenvalue weighted by molar-refractivity contribution is 6.46. The Bertz CT molecular complexity index is 1090. The second kappa shape index (κ2) is 11.7. The van der Waals surface area contributed by atoms with Crippen molar-refractivity contribution in [2.45, 2.75) is 46.1 Å². The average molecular weight is 499 g/mol. The van der Waals surface area contributed by atoms with E-state index >= 15 is 0 Å². The number of benzene rings is 2. The molecule has 7 heteroatoms. The van der Waals surface area contributed by atoms with Gasteiger partial charge in [0.15, 0.2) is 0 Å². The summed E-state index contributed by atoms with van der Waals surface area (Å²) in [6.45, 7) is 11.8. The van der Waals surface area contributed by atoms with Crippen LogP contribution in [0.15, 0.2) is 48.0 Å². The number of hydrogen-bond acceptors (Lipinski definition) is 4. The van der Waals surface area contributed by atoms with Gasteiger partial charge >= 0.3 is 0 Å². The maximum absolute atomic E-state index is 13.6. The van der Waals surface area contributed by atoms with Crippen LogP contribution < -0.4 is 14.7 Å². The number of carbonyl (C=O) groups is 2. The van der Waals surface area contributed by atoms with Gasteiger partial charge in [-0.05, 0) is 48.6 Å². The van der Waals surface area contributed by atoms with Crippen LogP contribution in [0.3, 0.4) is 0 Å². The van der Waals surface area contributed by atoms with Gasteiger partial charge in [0.25, 0.3) is 5.91 Å². The number of halogens is 1. The monoisotopic (exact) mass is 498 g/mol. The number of quaternary nitrogens is 1. The van der Waals surface area contributed by atoms with Gasteiger partial charge < -0.3 is 19.6 Å². The molecule has 1 saturated heterocycles. The average Bonchev–Trinajstić information content (AvgIpc) is 3.11. The molecule has 0 aliphatic carbocycles. The number of amides is 1. The van der Waals surface area contributed by atoms with E-state index in [-0.39, 0.29) is 16.2 Å². The summed E-state index contributed by atoms with van der Waals surface area (Å²) in [5.41, 5.74) is 2.14. The number of Topliss-reactive ketones (excluding diaryl/α,β-unsaturated/α-hetero) is 1. The van der Waals surface area contributed by atoms with Crippen LogP contribution in [0.2, 0.25) is 5.02 Å². The summed E-state index contributed by atoms with van der Waals surface area (Å²) in [5, 5.41) is 13.9. The molecular formula is C28H35ClN2O4. The van der Waals surface area contributed by atoms with Crippen molar-refractivity contribution in [3.63, 3.8) is 0 Å². The molecule has 188 valence electrons. The molecule has 1 aliphatic heterocycles. The fourth-order valence-corrected chi connectivity index (χ4v) is 4.83. The second-order valence-corrected chi connectivity index (χ2v) is 9.61. The Hall–Kier alpha value is -2.83. The maximum atomic E-state index is 13.6. The zero-order chi connectivity index (χ0) is 25.7. The largest absolute Gasteiger partial charge is 0.872 e. The molecule has 0 saturated carbocycles. The molecule has 1 atom stereocenters. The highest BCUT2D eigenvalue weighted by atomic mass is 35.5. The second-order valence-electron chi connectivity index (χ2n) is 9.20. The number of likely N-dealkylation sites (tertiary alicyclic amines) is 1. The van der Waals surface area contributed by atoms with Crippen molar-refractivity contribution >= 4 is 29.1 Å². The molecule has 1 N–H and O–H groups in total. The topological polar surface area (TPSA) is 74.1 Å². The van der Waals surface area contributed by atoms with Crippen LogP contribution >= 0.6 is 11.6 Å². The fraction of sp³-hybridized carbons (Fsp3) is 0.429. The van der Waals surface area contributed by atoms with Crippen LogP contribution in [-0.2, 0) is 9.59 Å². The van der Waals surface area contributed by atoms with E-state index in [4.69, 9.17) is 16.3 Å². The first kappa shape index (κ1) is 26.8. The number of hydrogen-bond donors (Lipinski definition) is 1. The maximum Gasteiger partial charge on any atom is 0.295 e. The van der Waals surface area contributed by atoms with Crippen molar-refractivity contribution < 1.29 is 24.3 Å². The van der Waals surface area contributed by atoms with Crippen LogP contribution in [0, 0.1) is 0 Å². The van der Waals surface area contributed by atoms with Crippen LogP contribution in [0.4, 0.5) is 0 Å². The Kier molecular flexibility index (Phi) is 8.98. The van der Waals surface area contributed by atoms with E-state index in [1.165, 1.54) is 18.1 Å². The molecular weight excluding hydrogens is 464 g/mol. The van der Waals surface area contributed by atoms with Gasteiger partial charge in [0.1, 0.15) is 5.75 Å². The number of carbonyl (C=O) groups excluding carboxylic acids is 2. The lowest BCUT2D eigenvalue weighted by Gasteiger charge is -2.28. The van der Waals surface area contributed by atoms with Crippen LogP contribution in [-0.4, -0.2) is 49.9 Å². The van der Waals surface area contributed by atoms with Gasteiger partial charge in [-0.1, -0.05) is 61.5 Å². The van der Waals surface area contributed by atoms with Gasteiger partial charge in [0.2, 0.25) is 5.78 Å². The zero-order valence-electron chi connectivity index (χ0n) is 21.2. The molecule has 0 aromatic heterocycles. The predicted octanol–water partition coefficient (Wildman–Crippen LogP) is 3.01. The van der Waals surface area contributed by atoms with E-state index in [9.17, 15) is 14.7 Å². The van der Waals surface area contributed by atoms with Crippen LogP contribution in [0.5, 0.6) is 5.75 Å². The SMILES string of the molecule is CC[NH+](CC)CCCN1C(=O)C(=O)C(=C([O-])c2ccc(OC)c(Cl)c2)C1c1ccc(C(C)C)cc1. The van der Waals surface area contributed by atoms with E-state index in [0.717, 1.165) is 37.2 Å². The summed E-state index contributed by atoms with van der Waals surface area (Å²) in [6.07, 6.45) is 0.743. The molecule has 1 unspecified atom stereocenters. The Labute approximate surface area is 213 Å². The minimum absolute atomic E-state index is 0.0243. The van der Waals surface area contributed by atoms with Crippen molar-refractivity contribution in [1.29, 1.82) is 0 Å². The number of ether oxygens (including phenoxy) is 1. The van der Waals surface area contributed by atoms with Gasteiger partial charge in [0, 0.05) is 18.5 Å². The predicted molar refractivity (Wildman–Crippen MR) is 136 cm³/mol. The van der Waals surface area contributed by atoms with Crippen LogP contribution in [0.1, 0.15) is 62.8 Å². The van der Waals surface area contributed by atoms with Crippen molar-refractivity contribution in [3.8, 4) is 5.75 Å². The quantitative estimate of drug-likeness (QED) is 0.310. The lowest BCUT2D eigenvalue weighted by molar-refractivity contribution is -0.896. The molecule has 2 aromatic carbocycles. The molecule has 0 spiro atoms. The summed E-state index contributed by atoms with van der Waals surface area (Å²) in [7, 11) is 1.49. The number of methoxy groups -OCH3 is 1. The molecule has 3 rings (SSSR count). The summed E-state index contributed by atoms with van der Waals surface area (Å²) in [6, 6.07) is 11.8. The first-order valence-electron chi connectivity index (χ1n) is 12.3. The normalized spacial score (nSPS) is 17.6. The van der Waals surface area contributed by atoms with E-state index in [1.54, 1.807) is 17.0 Å². The Morgan fingerprint density at radius 2 is 1.77 bits per heavy atom. The third kappa shape index (κ3) is 5.71. The summed E-state index contributed by atoms with van der Waals surface area (Å²) in [5.74, 6) is -1.07. The van der Waals surface area contributed by atoms with Gasteiger partial charge in [-0.2, -0.15) is 0 Å². The first-order valence-corrected chi connectivity index (χ1v) is 12.6. The summed E-state index contributed by atoms with van der Waals surface area (Å²) in [4.78, 5) is 29.3. The molecule has 1 aliphatic rings. The summed E-state index contributed by atoms with van der Waals surface area (Å²) >= 11 is 6.25. The third-order valence-electron chi connectivity index (χ3n) is 6.79. The molecule has 35 heavy (non-hydrogen) atoms. The first-order chi connectivity index (χ1) is 16.7. The van der Waals surface area contributed by atoms with Gasteiger partial charge in [-0.15, -0.1) is 0 Å². The Balaban J connectivity index is 2.06. The molecule has 1 fully saturated rings. The highest BCUT2D eigenvalue weighted by Crippen LogP contribution is 2.39. The minimum Gasteiger partial charge on any atom is -0.872 e. The number of rotatable bonds is 10. The molecule has 6 nitrogen and oxygen atoms in total. The minimum atomic E-state index is -0.741. The van der Waals surface area contributed by atoms with Crippen molar-refractivity contribution in [3.05, 3.63) is 69.8 Å². The van der Waals surface area contributed by atoms with Gasteiger partial charge in [-0.25, -0.2) is 0 Å². The molecule has 0 bridgehead atoms. The molecule has 1 heterocycles. The highest BCUT2D eigenvalue weighted by Gasteiger charge is 2.44. The zero-order valence-corrected chi connectivity index (χ0v) is 21.9. The van der Waals surface area contributed by atoms with E-state index < -0.39 is 23.5 Å². The third-order valence-corrected chi connectivity index (χ3v) is 7.09. The van der Waals surface area contributed by atoms with Crippen LogP contribution in [0.25, 0.3) is 5.76 Å². The standard InChI is InChI=1S/C28H35ClN2O4/c1-6-30(7-2)15-8-16-31-25(20-11-9-19(10-12-20)18(3)4)24(27(33)28(31)34)26(32)21-13-14-23(35-5)22(29)17-21/h9-14,17-18,25,32H,6-8,15-16H2,1-5H3. The smallest absolute Gasteiger partial charge is 0.295 e. The molecule has 2 aromatic rings. The Morgan fingerprint density at radius 1 is 1.11 bits per heavy atom. The number of ketones is 1. The van der Waals surface area contributed by atoms with Crippen molar-refractivity contribution in [2.75, 3.05) is 33.3 Å². The van der Waals surface area contributed by atoms with E-state index in [0.29, 0.717) is 18.2 Å².